The monoisotopic (exact) mass is 292 g/mol. The number of imide groups is 1. The van der Waals surface area contributed by atoms with E-state index in [2.05, 4.69) is 17.2 Å². The van der Waals surface area contributed by atoms with Crippen LogP contribution in [0.15, 0.2) is 36.9 Å². The number of rotatable bonds is 7. The SMILES string of the molecule is C=CCNC(=O)NC(=O)COc1cccc(CC(=O)O)c1. The average Bonchev–Trinajstić information content (AvgIpc) is 2.42. The Labute approximate surface area is 121 Å². The molecule has 0 aliphatic carbocycles. The minimum absolute atomic E-state index is 0.132. The van der Waals surface area contributed by atoms with Gasteiger partial charge in [0.1, 0.15) is 5.75 Å². The van der Waals surface area contributed by atoms with Crippen LogP contribution in [-0.2, 0) is 16.0 Å². The maximum Gasteiger partial charge on any atom is 0.321 e. The van der Waals surface area contributed by atoms with E-state index in [0.29, 0.717) is 11.3 Å². The number of hydrogen-bond donors (Lipinski definition) is 3. The molecule has 0 unspecified atom stereocenters. The lowest BCUT2D eigenvalue weighted by atomic mass is 10.1. The summed E-state index contributed by atoms with van der Waals surface area (Å²) in [5.74, 6) is -1.21. The number of carboxylic acids is 1. The number of benzene rings is 1. The zero-order valence-corrected chi connectivity index (χ0v) is 11.3. The Bertz CT molecular complexity index is 542. The van der Waals surface area contributed by atoms with Gasteiger partial charge in [-0.05, 0) is 17.7 Å². The molecule has 0 saturated heterocycles. The molecule has 0 saturated carbocycles. The molecule has 21 heavy (non-hydrogen) atoms. The number of nitrogens with one attached hydrogen (secondary N) is 2. The summed E-state index contributed by atoms with van der Waals surface area (Å²) in [6, 6.07) is 5.75. The van der Waals surface area contributed by atoms with Crippen molar-refractivity contribution < 1.29 is 24.2 Å². The first-order chi connectivity index (χ1) is 10.0. The Morgan fingerprint density at radius 3 is 2.76 bits per heavy atom. The number of ether oxygens (including phenoxy) is 1. The van der Waals surface area contributed by atoms with Gasteiger partial charge in [0.15, 0.2) is 6.61 Å². The van der Waals surface area contributed by atoms with E-state index in [1.54, 1.807) is 18.2 Å². The second kappa shape index (κ2) is 8.36. The minimum Gasteiger partial charge on any atom is -0.484 e. The van der Waals surface area contributed by atoms with Gasteiger partial charge in [-0.25, -0.2) is 4.79 Å². The first-order valence-electron chi connectivity index (χ1n) is 6.13. The molecule has 0 radical (unpaired) electrons. The van der Waals surface area contributed by atoms with Crippen molar-refractivity contribution in [2.45, 2.75) is 6.42 Å². The molecule has 1 aromatic rings. The lowest BCUT2D eigenvalue weighted by Crippen LogP contribution is -2.41. The van der Waals surface area contributed by atoms with Crippen molar-refractivity contribution in [1.29, 1.82) is 0 Å². The maximum absolute atomic E-state index is 11.4. The molecule has 0 spiro atoms. The summed E-state index contributed by atoms with van der Waals surface area (Å²) in [6.45, 7) is 3.32. The van der Waals surface area contributed by atoms with Crippen molar-refractivity contribution in [3.63, 3.8) is 0 Å². The Balaban J connectivity index is 2.43. The third-order valence-electron chi connectivity index (χ3n) is 2.28. The van der Waals surface area contributed by atoms with E-state index in [1.807, 2.05) is 0 Å². The normalized spacial score (nSPS) is 9.52. The molecule has 0 heterocycles. The highest BCUT2D eigenvalue weighted by atomic mass is 16.5. The number of amides is 3. The van der Waals surface area contributed by atoms with Crippen LogP contribution in [0.1, 0.15) is 5.56 Å². The van der Waals surface area contributed by atoms with Gasteiger partial charge in [0.05, 0.1) is 6.42 Å². The van der Waals surface area contributed by atoms with Gasteiger partial charge in [-0.15, -0.1) is 6.58 Å². The Morgan fingerprint density at radius 1 is 1.33 bits per heavy atom. The molecule has 0 aliphatic heterocycles. The van der Waals surface area contributed by atoms with Crippen molar-refractivity contribution >= 4 is 17.9 Å². The van der Waals surface area contributed by atoms with Gasteiger partial charge in [0.25, 0.3) is 5.91 Å². The second-order valence-corrected chi connectivity index (χ2v) is 4.05. The minimum atomic E-state index is -0.955. The van der Waals surface area contributed by atoms with Crippen molar-refractivity contribution in [1.82, 2.24) is 10.6 Å². The lowest BCUT2D eigenvalue weighted by molar-refractivity contribution is -0.136. The first kappa shape index (κ1) is 16.2. The number of carbonyl (C=O) groups excluding carboxylic acids is 2. The van der Waals surface area contributed by atoms with Crippen LogP contribution >= 0.6 is 0 Å². The average molecular weight is 292 g/mol. The summed E-state index contributed by atoms with van der Waals surface area (Å²) in [6.07, 6.45) is 1.35. The Hall–Kier alpha value is -2.83. The molecule has 7 nitrogen and oxygen atoms in total. The largest absolute Gasteiger partial charge is 0.484 e. The van der Waals surface area contributed by atoms with E-state index in [0.717, 1.165) is 0 Å². The summed E-state index contributed by atoms with van der Waals surface area (Å²) in [5.41, 5.74) is 0.559. The molecule has 7 heteroatoms. The predicted octanol–water partition coefficient (Wildman–Crippen LogP) is 0.704. The van der Waals surface area contributed by atoms with Gasteiger partial charge in [0, 0.05) is 6.54 Å². The Kier molecular flexibility index (Phi) is 6.46. The molecular formula is C14H16N2O5. The fourth-order valence-electron chi connectivity index (χ4n) is 1.44. The fraction of sp³-hybridized carbons (Fsp3) is 0.214. The van der Waals surface area contributed by atoms with E-state index in [-0.39, 0.29) is 19.6 Å². The van der Waals surface area contributed by atoms with Crippen LogP contribution in [0.2, 0.25) is 0 Å². The number of urea groups is 1. The molecule has 0 fully saturated rings. The molecule has 1 aromatic carbocycles. The topological polar surface area (TPSA) is 105 Å². The number of hydrogen-bond acceptors (Lipinski definition) is 4. The zero-order chi connectivity index (χ0) is 15.7. The summed E-state index contributed by atoms with van der Waals surface area (Å²) < 4.78 is 5.19. The lowest BCUT2D eigenvalue weighted by Gasteiger charge is -2.08. The number of aliphatic carboxylic acids is 1. The van der Waals surface area contributed by atoms with Crippen LogP contribution in [0.5, 0.6) is 5.75 Å². The highest BCUT2D eigenvalue weighted by Gasteiger charge is 2.08. The van der Waals surface area contributed by atoms with Gasteiger partial charge >= 0.3 is 12.0 Å². The van der Waals surface area contributed by atoms with Crippen molar-refractivity contribution in [2.75, 3.05) is 13.2 Å². The highest BCUT2D eigenvalue weighted by Crippen LogP contribution is 2.13. The maximum atomic E-state index is 11.4. The van der Waals surface area contributed by atoms with Crippen LogP contribution in [-0.4, -0.2) is 36.2 Å². The number of carbonyl (C=O) groups is 3. The third-order valence-corrected chi connectivity index (χ3v) is 2.28. The van der Waals surface area contributed by atoms with Gasteiger partial charge < -0.3 is 15.2 Å². The fourth-order valence-corrected chi connectivity index (χ4v) is 1.44. The van der Waals surface area contributed by atoms with Crippen LogP contribution in [0.4, 0.5) is 4.79 Å². The van der Waals surface area contributed by atoms with Crippen LogP contribution in [0, 0.1) is 0 Å². The van der Waals surface area contributed by atoms with Crippen LogP contribution in [0.3, 0.4) is 0 Å². The quantitative estimate of drug-likeness (QED) is 0.642. The van der Waals surface area contributed by atoms with E-state index in [1.165, 1.54) is 12.1 Å². The van der Waals surface area contributed by atoms with Crippen molar-refractivity contribution in [3.8, 4) is 5.75 Å². The summed E-state index contributed by atoms with van der Waals surface area (Å²) >= 11 is 0. The molecule has 112 valence electrons. The molecule has 0 bridgehead atoms. The highest BCUT2D eigenvalue weighted by molar-refractivity contribution is 5.95. The molecular weight excluding hydrogens is 276 g/mol. The van der Waals surface area contributed by atoms with Crippen LogP contribution < -0.4 is 15.4 Å². The number of carboxylic acid groups (broad SMARTS) is 1. The second-order valence-electron chi connectivity index (χ2n) is 4.05. The molecule has 3 N–H and O–H groups in total. The van der Waals surface area contributed by atoms with E-state index in [9.17, 15) is 14.4 Å². The van der Waals surface area contributed by atoms with E-state index >= 15 is 0 Å². The predicted molar refractivity (Wildman–Crippen MR) is 75.0 cm³/mol. The third kappa shape index (κ3) is 6.76. The summed E-state index contributed by atoms with van der Waals surface area (Å²) in [5, 5.41) is 13.1. The molecule has 0 aliphatic rings. The molecule has 1 rings (SSSR count). The summed E-state index contributed by atoms with van der Waals surface area (Å²) in [7, 11) is 0. The van der Waals surface area contributed by atoms with E-state index < -0.39 is 17.9 Å². The first-order valence-corrected chi connectivity index (χ1v) is 6.13. The summed E-state index contributed by atoms with van der Waals surface area (Å²) in [4.78, 5) is 33.2. The van der Waals surface area contributed by atoms with E-state index in [4.69, 9.17) is 9.84 Å². The molecule has 0 atom stereocenters. The van der Waals surface area contributed by atoms with Crippen molar-refractivity contribution in [3.05, 3.63) is 42.5 Å². The molecule has 3 amide bonds. The molecule has 0 aromatic heterocycles. The van der Waals surface area contributed by atoms with Gasteiger partial charge in [0.2, 0.25) is 0 Å². The van der Waals surface area contributed by atoms with Crippen molar-refractivity contribution in [2.24, 2.45) is 0 Å². The van der Waals surface area contributed by atoms with Gasteiger partial charge in [-0.1, -0.05) is 18.2 Å². The van der Waals surface area contributed by atoms with Crippen LogP contribution in [0.25, 0.3) is 0 Å². The van der Waals surface area contributed by atoms with Gasteiger partial charge in [-0.3, -0.25) is 14.9 Å². The van der Waals surface area contributed by atoms with Gasteiger partial charge in [-0.2, -0.15) is 0 Å². The standard InChI is InChI=1S/C14H16N2O5/c1-2-6-15-14(20)16-12(17)9-21-11-5-3-4-10(7-11)8-13(18)19/h2-5,7H,1,6,8-9H2,(H,18,19)(H2,15,16,17,20). The Morgan fingerprint density at radius 2 is 2.10 bits per heavy atom. The smallest absolute Gasteiger partial charge is 0.321 e. The zero-order valence-electron chi connectivity index (χ0n) is 11.3.